The van der Waals surface area contributed by atoms with Gasteiger partial charge in [-0.15, -0.1) is 11.3 Å². The molecule has 0 fully saturated rings. The van der Waals surface area contributed by atoms with Gasteiger partial charge in [-0.3, -0.25) is 0 Å². The van der Waals surface area contributed by atoms with E-state index in [9.17, 15) is 0 Å². The summed E-state index contributed by atoms with van der Waals surface area (Å²) in [5.74, 6) is 0. The first kappa shape index (κ1) is 16.6. The highest BCUT2D eigenvalue weighted by molar-refractivity contribution is 7.26. The van der Waals surface area contributed by atoms with Gasteiger partial charge >= 0.3 is 0 Å². The van der Waals surface area contributed by atoms with Gasteiger partial charge in [0.25, 0.3) is 0 Å². The molecule has 10 rings (SSSR count). The number of aromatic nitrogens is 2. The second-order valence-corrected chi connectivity index (χ2v) is 12.2. The van der Waals surface area contributed by atoms with E-state index in [-0.39, 0.29) is 74.1 Å². The molecule has 7 aromatic carbocycles. The summed E-state index contributed by atoms with van der Waals surface area (Å²) >= 11 is 1.08. The second-order valence-electron chi connectivity index (χ2n) is 11.1. The Kier molecular flexibility index (Phi) is 3.72. The van der Waals surface area contributed by atoms with Crippen molar-refractivity contribution in [1.82, 2.24) is 9.97 Å². The summed E-state index contributed by atoms with van der Waals surface area (Å²) in [4.78, 5) is 9.12. The number of benzene rings is 7. The lowest BCUT2D eigenvalue weighted by molar-refractivity contribution is 0.667. The van der Waals surface area contributed by atoms with Crippen LogP contribution in [-0.4, -0.2) is 9.97 Å². The highest BCUT2D eigenvalue weighted by Gasteiger charge is 2.17. The van der Waals surface area contributed by atoms with Gasteiger partial charge in [0.15, 0.2) is 5.58 Å². The third-order valence-electron chi connectivity index (χ3n) is 8.35. The molecule has 0 bridgehead atoms. The molecule has 3 aromatic heterocycles. The summed E-state index contributed by atoms with van der Waals surface area (Å²) in [6.07, 6.45) is 1.39. The molecular formula is C44H26N2OS. The minimum absolute atomic E-state index is 0.0273. The van der Waals surface area contributed by atoms with Gasteiger partial charge in [-0.1, -0.05) is 115 Å². The molecule has 0 aliphatic rings. The zero-order valence-corrected chi connectivity index (χ0v) is 25.5. The molecule has 0 saturated carbocycles. The Labute approximate surface area is 300 Å². The van der Waals surface area contributed by atoms with E-state index in [0.29, 0.717) is 54.7 Å². The number of nitrogens with zero attached hydrogens (tertiary/aromatic N) is 2. The Morgan fingerprint density at radius 2 is 1.31 bits per heavy atom. The maximum atomic E-state index is 9.02. The van der Waals surface area contributed by atoms with Crippen LogP contribution in [0.3, 0.4) is 0 Å². The van der Waals surface area contributed by atoms with Crippen molar-refractivity contribution < 1.29 is 23.6 Å². The number of hydrogen-bond acceptors (Lipinski definition) is 4. The van der Waals surface area contributed by atoms with Crippen LogP contribution in [0.5, 0.6) is 0 Å². The lowest BCUT2D eigenvalue weighted by Gasteiger charge is -2.09. The van der Waals surface area contributed by atoms with Crippen molar-refractivity contribution in [2.24, 2.45) is 0 Å². The Morgan fingerprint density at radius 1 is 0.562 bits per heavy atom. The molecular weight excluding hydrogens is 605 g/mol. The topological polar surface area (TPSA) is 38.9 Å². The highest BCUT2D eigenvalue weighted by atomic mass is 32.1. The zero-order chi connectivity index (χ0) is 43.8. The van der Waals surface area contributed by atoms with Crippen molar-refractivity contribution >= 4 is 64.4 Å². The summed E-state index contributed by atoms with van der Waals surface area (Å²) in [7, 11) is 0. The zero-order valence-electron chi connectivity index (χ0n) is 38.6. The summed E-state index contributed by atoms with van der Waals surface area (Å²) in [6.45, 7) is 0. The maximum absolute atomic E-state index is 9.02. The van der Waals surface area contributed by atoms with Crippen molar-refractivity contribution in [3.8, 4) is 44.6 Å². The maximum Gasteiger partial charge on any atom is 0.180 e. The normalized spacial score (nSPS) is 15.8. The molecule has 0 aliphatic carbocycles. The lowest BCUT2D eigenvalue weighted by Crippen LogP contribution is -1.88. The quantitative estimate of drug-likeness (QED) is 0.191. The van der Waals surface area contributed by atoms with Crippen molar-refractivity contribution in [3.05, 3.63) is 158 Å². The van der Waals surface area contributed by atoms with E-state index < -0.39 is 42.3 Å². The molecule has 0 N–H and O–H groups in total. The minimum Gasteiger partial charge on any atom is -0.452 e. The van der Waals surface area contributed by atoms with E-state index in [4.69, 9.17) is 23.6 Å². The van der Waals surface area contributed by atoms with E-state index in [1.54, 1.807) is 24.3 Å². The monoisotopic (exact) mass is 644 g/mol. The molecule has 0 atom stereocenters. The van der Waals surface area contributed by atoms with Gasteiger partial charge in [0.1, 0.15) is 23.1 Å². The molecule has 3 heterocycles. The minimum atomic E-state index is -0.539. The standard InChI is InChI=1S/C44H26N2OS/c1-2-9-28-22-31(19-18-27(28)8-1)32-20-21-39-38(25-32)42-43(47-39)41(45-26-46-42)34-13-6-11-30(24-34)29-10-5-12-33(23-29)35-15-7-16-37-36-14-3-4-17-40(36)48-44(35)37/h1-26H/i1D,2D,3D,4D,7D,8D,9D,14D,15D,16D,17D,18D,19D,22D. The molecule has 48 heavy (non-hydrogen) atoms. The number of furan rings is 1. The molecule has 4 heteroatoms. The number of rotatable bonds is 4. The second kappa shape index (κ2) is 10.7. The van der Waals surface area contributed by atoms with Crippen LogP contribution in [0.1, 0.15) is 19.2 Å². The first-order valence-corrected chi connectivity index (χ1v) is 15.7. The fourth-order valence-electron chi connectivity index (χ4n) is 6.10. The molecule has 0 aliphatic heterocycles. The highest BCUT2D eigenvalue weighted by Crippen LogP contribution is 2.41. The predicted molar refractivity (Wildman–Crippen MR) is 201 cm³/mol. The first-order valence-electron chi connectivity index (χ1n) is 21.9. The first-order chi connectivity index (χ1) is 29.6. The van der Waals surface area contributed by atoms with Gasteiger partial charge in [-0.05, 0) is 80.5 Å². The average Bonchev–Trinajstić information content (AvgIpc) is 3.86. The van der Waals surface area contributed by atoms with Crippen LogP contribution >= 0.6 is 11.3 Å². The molecule has 224 valence electrons. The summed E-state index contributed by atoms with van der Waals surface area (Å²) in [6, 6.07) is 14.6. The summed E-state index contributed by atoms with van der Waals surface area (Å²) in [5.41, 5.74) is 5.17. The van der Waals surface area contributed by atoms with Crippen molar-refractivity contribution in [3.63, 3.8) is 0 Å². The van der Waals surface area contributed by atoms with Crippen LogP contribution in [0, 0.1) is 0 Å². The number of thiophene rings is 1. The van der Waals surface area contributed by atoms with Crippen LogP contribution in [0.2, 0.25) is 0 Å². The molecule has 0 spiro atoms. The van der Waals surface area contributed by atoms with Crippen LogP contribution in [0.25, 0.3) is 97.7 Å². The van der Waals surface area contributed by atoms with E-state index >= 15 is 0 Å². The van der Waals surface area contributed by atoms with Gasteiger partial charge in [-0.2, -0.15) is 0 Å². The Balaban J connectivity index is 1.09. The van der Waals surface area contributed by atoms with Crippen LogP contribution in [-0.2, 0) is 0 Å². The Hall–Kier alpha value is -6.10. The van der Waals surface area contributed by atoms with Crippen molar-refractivity contribution in [2.75, 3.05) is 0 Å². The average molecular weight is 645 g/mol. The molecule has 0 unspecified atom stereocenters. The summed E-state index contributed by atoms with van der Waals surface area (Å²) < 4.78 is 127. The van der Waals surface area contributed by atoms with Crippen LogP contribution < -0.4 is 0 Å². The van der Waals surface area contributed by atoms with Crippen molar-refractivity contribution in [1.29, 1.82) is 0 Å². The third-order valence-corrected chi connectivity index (χ3v) is 9.47. The number of hydrogen-bond donors (Lipinski definition) is 0. The van der Waals surface area contributed by atoms with Crippen LogP contribution in [0.4, 0.5) is 0 Å². The van der Waals surface area contributed by atoms with E-state index in [2.05, 4.69) is 9.97 Å². The molecule has 0 radical (unpaired) electrons. The summed E-state index contributed by atoms with van der Waals surface area (Å²) in [5, 5.41) is 0.575. The van der Waals surface area contributed by atoms with Gasteiger partial charge < -0.3 is 4.42 Å². The smallest absolute Gasteiger partial charge is 0.180 e. The van der Waals surface area contributed by atoms with Crippen LogP contribution in [0.15, 0.2) is 162 Å². The van der Waals surface area contributed by atoms with E-state index in [1.165, 1.54) is 6.33 Å². The van der Waals surface area contributed by atoms with Gasteiger partial charge in [0, 0.05) is 31.1 Å². The SMILES string of the molecule is [2H]c1c([2H])c([2H])c2c(sc3c(-c4cccc(-c5cccc(-c6ncnc7c6oc6ccc(-c8c([2H])c([2H])c9c([2H])c([2H])c([2H])c([2H])c9c8[2H])cc67)c5)c4)c([2H])c([2H])c([2H])c32)c1[2H]. The van der Waals surface area contributed by atoms with Crippen molar-refractivity contribution in [2.45, 2.75) is 0 Å². The fraction of sp³-hybridized carbons (Fsp3) is 0. The molecule has 0 saturated heterocycles. The Bertz CT molecular complexity index is 3660. The van der Waals surface area contributed by atoms with E-state index in [1.807, 2.05) is 42.5 Å². The van der Waals surface area contributed by atoms with Gasteiger partial charge in [0.05, 0.1) is 19.2 Å². The number of fused-ring (bicyclic) bond motifs is 7. The fourth-order valence-corrected chi connectivity index (χ4v) is 7.18. The largest absolute Gasteiger partial charge is 0.452 e. The van der Waals surface area contributed by atoms with Gasteiger partial charge in [0.2, 0.25) is 0 Å². The van der Waals surface area contributed by atoms with E-state index in [0.717, 1.165) is 22.5 Å². The predicted octanol–water partition coefficient (Wildman–Crippen LogP) is 12.6. The third kappa shape index (κ3) is 4.34. The Morgan fingerprint density at radius 3 is 2.23 bits per heavy atom. The van der Waals surface area contributed by atoms with Gasteiger partial charge in [-0.25, -0.2) is 9.97 Å². The molecule has 0 amide bonds. The molecule has 3 nitrogen and oxygen atoms in total. The molecule has 10 aromatic rings. The lowest BCUT2D eigenvalue weighted by atomic mass is 9.96.